The van der Waals surface area contributed by atoms with E-state index in [9.17, 15) is 14.7 Å². The maximum atomic E-state index is 12.3. The van der Waals surface area contributed by atoms with E-state index in [4.69, 9.17) is 4.74 Å². The molecule has 6 nitrogen and oxygen atoms in total. The van der Waals surface area contributed by atoms with Gasteiger partial charge < -0.3 is 19.6 Å². The van der Waals surface area contributed by atoms with Crippen LogP contribution in [0, 0.1) is 11.3 Å². The van der Waals surface area contributed by atoms with Gasteiger partial charge in [0, 0.05) is 40.4 Å². The average molecular weight is 286 g/mol. The first kappa shape index (κ1) is 16.8. The Morgan fingerprint density at radius 2 is 2.10 bits per heavy atom. The molecular formula is C14H26N2O4. The normalized spacial score (nSPS) is 22.4. The van der Waals surface area contributed by atoms with Crippen LogP contribution in [-0.4, -0.2) is 67.3 Å². The predicted molar refractivity (Wildman–Crippen MR) is 75.6 cm³/mol. The maximum Gasteiger partial charge on any atom is 0.319 e. The van der Waals surface area contributed by atoms with Crippen molar-refractivity contribution in [2.75, 3.05) is 40.4 Å². The average Bonchev–Trinajstić information content (AvgIpc) is 2.84. The topological polar surface area (TPSA) is 70.1 Å². The molecule has 1 unspecified atom stereocenters. The highest BCUT2D eigenvalue weighted by Gasteiger charge is 2.48. The van der Waals surface area contributed by atoms with Crippen LogP contribution in [-0.2, 0) is 9.53 Å². The highest BCUT2D eigenvalue weighted by Crippen LogP contribution is 2.38. The lowest BCUT2D eigenvalue weighted by Gasteiger charge is -2.30. The van der Waals surface area contributed by atoms with Gasteiger partial charge in [-0.2, -0.15) is 0 Å². The van der Waals surface area contributed by atoms with Gasteiger partial charge in [-0.05, 0) is 18.8 Å². The third-order valence-electron chi connectivity index (χ3n) is 4.27. The van der Waals surface area contributed by atoms with Crippen LogP contribution < -0.4 is 0 Å². The van der Waals surface area contributed by atoms with E-state index in [1.807, 2.05) is 13.8 Å². The number of ether oxygens (including phenoxy) is 1. The van der Waals surface area contributed by atoms with Crippen molar-refractivity contribution in [3.05, 3.63) is 0 Å². The Labute approximate surface area is 120 Å². The number of hydrogen-bond donors (Lipinski definition) is 1. The predicted octanol–water partition coefficient (Wildman–Crippen LogP) is 1.51. The highest BCUT2D eigenvalue weighted by molar-refractivity contribution is 5.80. The van der Waals surface area contributed by atoms with E-state index in [-0.39, 0.29) is 11.9 Å². The van der Waals surface area contributed by atoms with Gasteiger partial charge in [0.1, 0.15) is 0 Å². The second kappa shape index (κ2) is 6.92. The summed E-state index contributed by atoms with van der Waals surface area (Å²) in [5, 5.41) is 9.48. The quantitative estimate of drug-likeness (QED) is 0.751. The second-order valence-electron chi connectivity index (χ2n) is 5.84. The lowest BCUT2D eigenvalue weighted by molar-refractivity contribution is -0.150. The van der Waals surface area contributed by atoms with Crippen molar-refractivity contribution in [3.8, 4) is 0 Å². The van der Waals surface area contributed by atoms with Crippen LogP contribution in [0.3, 0.4) is 0 Å². The monoisotopic (exact) mass is 286 g/mol. The van der Waals surface area contributed by atoms with Crippen LogP contribution in [0.1, 0.15) is 26.7 Å². The van der Waals surface area contributed by atoms with Crippen LogP contribution in [0.15, 0.2) is 0 Å². The number of carboxylic acid groups (broad SMARTS) is 1. The number of methoxy groups -OCH3 is 1. The van der Waals surface area contributed by atoms with Gasteiger partial charge in [-0.3, -0.25) is 4.79 Å². The van der Waals surface area contributed by atoms with E-state index in [1.165, 1.54) is 0 Å². The fraction of sp³-hybridized carbons (Fsp3) is 0.857. The largest absolute Gasteiger partial charge is 0.481 e. The molecule has 0 bridgehead atoms. The summed E-state index contributed by atoms with van der Waals surface area (Å²) in [6.07, 6.45) is 1.30. The van der Waals surface area contributed by atoms with Crippen LogP contribution in [0.25, 0.3) is 0 Å². The Hall–Kier alpha value is -1.30. The van der Waals surface area contributed by atoms with Gasteiger partial charge in [-0.15, -0.1) is 0 Å². The summed E-state index contributed by atoms with van der Waals surface area (Å²) in [5.41, 5.74) is -0.803. The summed E-state index contributed by atoms with van der Waals surface area (Å²) >= 11 is 0. The third kappa shape index (κ3) is 3.42. The molecule has 0 aromatic heterocycles. The minimum atomic E-state index is -0.803. The van der Waals surface area contributed by atoms with E-state index in [1.54, 1.807) is 24.0 Å². The minimum absolute atomic E-state index is 0.0107. The maximum absolute atomic E-state index is 12.3. The number of likely N-dealkylation sites (tertiary alicyclic amines) is 1. The standard InChI is InChI=1S/C14H26N2O4/c1-11(2)14(12(17)18)6-8-16(10-14)13(19)15(3)7-5-9-20-4/h11H,5-10H2,1-4H3,(H,17,18). The Bertz CT molecular complexity index is 359. The van der Waals surface area contributed by atoms with E-state index in [0.29, 0.717) is 32.7 Å². The summed E-state index contributed by atoms with van der Waals surface area (Å²) < 4.78 is 4.96. The zero-order valence-corrected chi connectivity index (χ0v) is 12.9. The van der Waals surface area contributed by atoms with Gasteiger partial charge in [-0.1, -0.05) is 13.8 Å². The summed E-state index contributed by atoms with van der Waals surface area (Å²) in [5.74, 6) is -0.790. The summed E-state index contributed by atoms with van der Waals surface area (Å²) in [7, 11) is 3.38. The second-order valence-corrected chi connectivity index (χ2v) is 5.84. The number of amides is 2. The molecule has 1 N–H and O–H groups in total. The Morgan fingerprint density at radius 1 is 1.45 bits per heavy atom. The number of aliphatic carboxylic acids is 1. The number of carbonyl (C=O) groups excluding carboxylic acids is 1. The van der Waals surface area contributed by atoms with Crippen molar-refractivity contribution in [3.63, 3.8) is 0 Å². The van der Waals surface area contributed by atoms with E-state index < -0.39 is 11.4 Å². The first-order valence-electron chi connectivity index (χ1n) is 7.07. The van der Waals surface area contributed by atoms with Gasteiger partial charge >= 0.3 is 12.0 Å². The number of nitrogens with zero attached hydrogens (tertiary/aromatic N) is 2. The molecule has 1 saturated heterocycles. The van der Waals surface area contributed by atoms with Crippen molar-refractivity contribution in [1.82, 2.24) is 9.80 Å². The van der Waals surface area contributed by atoms with Gasteiger partial charge in [0.2, 0.25) is 0 Å². The van der Waals surface area contributed by atoms with Gasteiger partial charge in [0.25, 0.3) is 0 Å². The van der Waals surface area contributed by atoms with E-state index >= 15 is 0 Å². The Balaban J connectivity index is 2.62. The Morgan fingerprint density at radius 3 is 2.55 bits per heavy atom. The van der Waals surface area contributed by atoms with Crippen LogP contribution in [0.4, 0.5) is 4.79 Å². The lowest BCUT2D eigenvalue weighted by atomic mass is 9.76. The smallest absolute Gasteiger partial charge is 0.319 e. The molecule has 2 amide bonds. The van der Waals surface area contributed by atoms with Gasteiger partial charge in [-0.25, -0.2) is 4.79 Å². The molecule has 1 atom stereocenters. The molecule has 0 spiro atoms. The first-order valence-corrected chi connectivity index (χ1v) is 7.07. The van der Waals surface area contributed by atoms with Crippen molar-refractivity contribution < 1.29 is 19.4 Å². The van der Waals surface area contributed by atoms with E-state index in [2.05, 4.69) is 0 Å². The molecule has 0 aromatic rings. The molecule has 116 valence electrons. The molecule has 20 heavy (non-hydrogen) atoms. The fourth-order valence-corrected chi connectivity index (χ4v) is 2.67. The van der Waals surface area contributed by atoms with Crippen molar-refractivity contribution >= 4 is 12.0 Å². The number of carboxylic acids is 1. The Kier molecular flexibility index (Phi) is 5.80. The summed E-state index contributed by atoms with van der Waals surface area (Å²) in [4.78, 5) is 27.1. The van der Waals surface area contributed by atoms with Crippen LogP contribution >= 0.6 is 0 Å². The number of carbonyl (C=O) groups is 2. The molecule has 0 radical (unpaired) electrons. The van der Waals surface area contributed by atoms with Crippen LogP contribution in [0.5, 0.6) is 0 Å². The molecule has 1 aliphatic rings. The summed E-state index contributed by atoms with van der Waals surface area (Å²) in [6.45, 7) is 5.85. The third-order valence-corrected chi connectivity index (χ3v) is 4.27. The van der Waals surface area contributed by atoms with Gasteiger partial charge in [0.15, 0.2) is 0 Å². The number of hydrogen-bond acceptors (Lipinski definition) is 3. The zero-order chi connectivity index (χ0) is 15.3. The highest BCUT2D eigenvalue weighted by atomic mass is 16.5. The first-order chi connectivity index (χ1) is 9.35. The molecule has 0 aliphatic carbocycles. The van der Waals surface area contributed by atoms with Gasteiger partial charge in [0.05, 0.1) is 5.41 Å². The molecule has 0 aromatic carbocycles. The molecule has 1 aliphatic heterocycles. The van der Waals surface area contributed by atoms with Crippen molar-refractivity contribution in [2.24, 2.45) is 11.3 Å². The number of urea groups is 1. The zero-order valence-electron chi connectivity index (χ0n) is 12.9. The van der Waals surface area contributed by atoms with Crippen LogP contribution in [0.2, 0.25) is 0 Å². The molecule has 1 heterocycles. The van der Waals surface area contributed by atoms with Crippen molar-refractivity contribution in [2.45, 2.75) is 26.7 Å². The van der Waals surface area contributed by atoms with E-state index in [0.717, 1.165) is 6.42 Å². The molecule has 1 fully saturated rings. The minimum Gasteiger partial charge on any atom is -0.481 e. The van der Waals surface area contributed by atoms with Crippen molar-refractivity contribution in [1.29, 1.82) is 0 Å². The molecular weight excluding hydrogens is 260 g/mol. The summed E-state index contributed by atoms with van der Waals surface area (Å²) in [6, 6.07) is -0.0927. The molecule has 0 saturated carbocycles. The molecule has 1 rings (SSSR count). The number of rotatable bonds is 6. The lowest BCUT2D eigenvalue weighted by Crippen LogP contribution is -2.44. The SMILES string of the molecule is COCCCN(C)C(=O)N1CCC(C(=O)O)(C(C)C)C1. The molecule has 6 heteroatoms. The fourth-order valence-electron chi connectivity index (χ4n) is 2.67.